The maximum Gasteiger partial charge on any atom is 0.325 e. The van der Waals surface area contributed by atoms with Crippen LogP contribution in [0.2, 0.25) is 0 Å². The molecular weight excluding hydrogens is 498 g/mol. The molecule has 1 saturated heterocycles. The lowest BCUT2D eigenvalue weighted by Crippen LogP contribution is -2.35. The average molecular weight is 523 g/mol. The van der Waals surface area contributed by atoms with Gasteiger partial charge in [-0.2, -0.15) is 10.1 Å². The number of amides is 3. The number of carbonyl (C=O) groups is 2. The van der Waals surface area contributed by atoms with Gasteiger partial charge in [0.2, 0.25) is 11.8 Å². The van der Waals surface area contributed by atoms with E-state index in [0.717, 1.165) is 24.7 Å². The number of hydrogen-bond acceptors (Lipinski definition) is 7. The van der Waals surface area contributed by atoms with Gasteiger partial charge in [-0.1, -0.05) is 12.1 Å². The number of anilines is 1. The highest BCUT2D eigenvalue weighted by Gasteiger charge is 2.18. The van der Waals surface area contributed by atoms with E-state index in [4.69, 9.17) is 9.47 Å². The Labute approximate surface area is 216 Å². The van der Waals surface area contributed by atoms with E-state index in [1.165, 1.54) is 42.7 Å². The van der Waals surface area contributed by atoms with Crippen molar-refractivity contribution in [3.05, 3.63) is 83.8 Å². The number of imide groups is 1. The molecule has 0 spiro atoms. The maximum atomic E-state index is 14.9. The van der Waals surface area contributed by atoms with Crippen LogP contribution in [0.3, 0.4) is 0 Å². The quantitative estimate of drug-likeness (QED) is 0.382. The Morgan fingerprint density at radius 3 is 2.61 bits per heavy atom. The number of aromatic nitrogens is 3. The lowest BCUT2D eigenvalue weighted by Gasteiger charge is -2.26. The Kier molecular flexibility index (Phi) is 7.52. The largest absolute Gasteiger partial charge is 0.434 e. The fourth-order valence-electron chi connectivity index (χ4n) is 4.08. The lowest BCUT2D eigenvalue weighted by molar-refractivity contribution is -0.119. The third-order valence-electron chi connectivity index (χ3n) is 5.93. The number of rotatable bonds is 7. The molecule has 3 heterocycles. The first-order valence-corrected chi connectivity index (χ1v) is 11.9. The minimum atomic E-state index is -0.830. The second-order valence-corrected chi connectivity index (χ2v) is 8.64. The van der Waals surface area contributed by atoms with Crippen molar-refractivity contribution in [1.82, 2.24) is 24.8 Å². The van der Waals surface area contributed by atoms with Crippen LogP contribution < -0.4 is 15.4 Å². The number of fused-ring (bicyclic) bond motifs is 1. The predicted octanol–water partition coefficient (Wildman–Crippen LogP) is 3.52. The predicted molar refractivity (Wildman–Crippen MR) is 133 cm³/mol. The molecule has 2 N–H and O–H groups in total. The number of nitrogens with one attached hydrogen (secondary N) is 2. The first-order chi connectivity index (χ1) is 18.4. The highest BCUT2D eigenvalue weighted by atomic mass is 19.1. The van der Waals surface area contributed by atoms with Crippen LogP contribution >= 0.6 is 0 Å². The second kappa shape index (κ2) is 11.3. The molecule has 10 nitrogen and oxygen atoms in total. The van der Waals surface area contributed by atoms with Crippen LogP contribution in [0.4, 0.5) is 19.3 Å². The first kappa shape index (κ1) is 25.2. The summed E-state index contributed by atoms with van der Waals surface area (Å²) in [7, 11) is 0. The molecule has 0 atom stereocenters. The minimum Gasteiger partial charge on any atom is -0.434 e. The molecule has 38 heavy (non-hydrogen) atoms. The highest BCUT2D eigenvalue weighted by Crippen LogP contribution is 2.30. The Hall–Kier alpha value is -4.42. The van der Waals surface area contributed by atoms with Crippen LogP contribution in [0.1, 0.15) is 11.1 Å². The number of nitrogens with zero attached hydrogens (tertiary/aromatic N) is 4. The molecule has 2 aromatic carbocycles. The van der Waals surface area contributed by atoms with Gasteiger partial charge in [0.05, 0.1) is 19.6 Å². The average Bonchev–Trinajstić information content (AvgIpc) is 3.31. The van der Waals surface area contributed by atoms with Crippen molar-refractivity contribution >= 4 is 23.1 Å². The number of benzene rings is 2. The van der Waals surface area contributed by atoms with E-state index < -0.39 is 23.6 Å². The van der Waals surface area contributed by atoms with Crippen molar-refractivity contribution in [3.8, 4) is 11.6 Å². The molecule has 2 aromatic heterocycles. The number of carbonyl (C=O) groups excluding carboxylic acids is 2. The van der Waals surface area contributed by atoms with E-state index in [1.807, 2.05) is 6.07 Å². The zero-order chi connectivity index (χ0) is 26.5. The van der Waals surface area contributed by atoms with Crippen LogP contribution in [-0.4, -0.2) is 57.7 Å². The summed E-state index contributed by atoms with van der Waals surface area (Å²) in [6.45, 7) is 3.57. The summed E-state index contributed by atoms with van der Waals surface area (Å²) >= 11 is 0. The van der Waals surface area contributed by atoms with Crippen molar-refractivity contribution < 1.29 is 27.8 Å². The Bertz CT molecular complexity index is 1450. The monoisotopic (exact) mass is 522 g/mol. The summed E-state index contributed by atoms with van der Waals surface area (Å²) < 4.78 is 40.7. The standard InChI is InChI=1S/C26H24F2N6O4/c27-19-3-1-17(2-4-19)13-23(35)32-26(36)31-20-5-6-22(21(28)14-20)38-25-24-18(7-8-34(24)30-16-29-25)15-33-9-11-37-12-10-33/h1-8,14,16H,9-13,15H2,(H2,31,32,35,36). The summed E-state index contributed by atoms with van der Waals surface area (Å²) in [4.78, 5) is 30.7. The normalized spacial score (nSPS) is 13.8. The molecule has 0 radical (unpaired) electrons. The Balaban J connectivity index is 1.24. The van der Waals surface area contributed by atoms with E-state index in [0.29, 0.717) is 30.8 Å². The van der Waals surface area contributed by atoms with Crippen LogP contribution in [0.25, 0.3) is 5.52 Å². The topological polar surface area (TPSA) is 110 Å². The smallest absolute Gasteiger partial charge is 0.325 e. The van der Waals surface area contributed by atoms with Crippen molar-refractivity contribution in [3.63, 3.8) is 0 Å². The number of ether oxygens (including phenoxy) is 2. The zero-order valence-corrected chi connectivity index (χ0v) is 20.2. The van der Waals surface area contributed by atoms with Crippen LogP contribution in [0.5, 0.6) is 11.6 Å². The number of urea groups is 1. The van der Waals surface area contributed by atoms with Crippen LogP contribution in [-0.2, 0) is 22.5 Å². The fourth-order valence-corrected chi connectivity index (χ4v) is 4.08. The van der Waals surface area contributed by atoms with E-state index >= 15 is 0 Å². The molecule has 0 aliphatic carbocycles. The van der Waals surface area contributed by atoms with Gasteiger partial charge in [0, 0.05) is 37.6 Å². The molecule has 3 amide bonds. The highest BCUT2D eigenvalue weighted by molar-refractivity contribution is 6.01. The summed E-state index contributed by atoms with van der Waals surface area (Å²) in [5.74, 6) is -1.66. The molecule has 0 unspecified atom stereocenters. The first-order valence-electron chi connectivity index (χ1n) is 11.9. The van der Waals surface area contributed by atoms with Crippen molar-refractivity contribution in [2.45, 2.75) is 13.0 Å². The fraction of sp³-hybridized carbons (Fsp3) is 0.231. The number of halogens is 2. The molecule has 12 heteroatoms. The molecule has 1 fully saturated rings. The molecule has 1 aliphatic rings. The third-order valence-corrected chi connectivity index (χ3v) is 5.93. The van der Waals surface area contributed by atoms with Crippen molar-refractivity contribution in [2.75, 3.05) is 31.6 Å². The van der Waals surface area contributed by atoms with Gasteiger partial charge >= 0.3 is 6.03 Å². The molecule has 0 saturated carbocycles. The van der Waals surface area contributed by atoms with Crippen molar-refractivity contribution in [1.29, 1.82) is 0 Å². The summed E-state index contributed by atoms with van der Waals surface area (Å²) in [6.07, 6.45) is 3.00. The molecular formula is C26H24F2N6O4. The second-order valence-electron chi connectivity index (χ2n) is 8.64. The van der Waals surface area contributed by atoms with Crippen molar-refractivity contribution in [2.24, 2.45) is 0 Å². The zero-order valence-electron chi connectivity index (χ0n) is 20.2. The van der Waals surface area contributed by atoms with Crippen LogP contribution in [0.15, 0.2) is 61.1 Å². The lowest BCUT2D eigenvalue weighted by atomic mass is 10.1. The molecule has 0 bridgehead atoms. The van der Waals surface area contributed by atoms with E-state index in [9.17, 15) is 18.4 Å². The molecule has 196 valence electrons. The minimum absolute atomic E-state index is 0.0949. The van der Waals surface area contributed by atoms with Gasteiger partial charge in [-0.3, -0.25) is 15.0 Å². The van der Waals surface area contributed by atoms with Crippen LogP contribution in [0, 0.1) is 11.6 Å². The van der Waals surface area contributed by atoms with E-state index in [2.05, 4.69) is 25.6 Å². The summed E-state index contributed by atoms with van der Waals surface area (Å²) in [5, 5.41) is 8.77. The SMILES string of the molecule is O=C(Cc1ccc(F)cc1)NC(=O)Nc1ccc(Oc2ncnn3ccc(CN4CCOCC4)c23)c(F)c1. The van der Waals surface area contributed by atoms with E-state index in [1.54, 1.807) is 10.7 Å². The molecule has 1 aliphatic heterocycles. The van der Waals surface area contributed by atoms with Gasteiger partial charge in [0.1, 0.15) is 17.7 Å². The van der Waals surface area contributed by atoms with Gasteiger partial charge in [0.15, 0.2) is 11.6 Å². The van der Waals surface area contributed by atoms with Gasteiger partial charge in [-0.25, -0.2) is 18.1 Å². The van der Waals surface area contributed by atoms with Gasteiger partial charge < -0.3 is 14.8 Å². The maximum absolute atomic E-state index is 14.9. The summed E-state index contributed by atoms with van der Waals surface area (Å²) in [6, 6.07) is 10.3. The number of morpholine rings is 1. The Morgan fingerprint density at radius 1 is 1.05 bits per heavy atom. The molecule has 5 rings (SSSR count). The third kappa shape index (κ3) is 6.10. The molecule has 4 aromatic rings. The number of hydrogen-bond donors (Lipinski definition) is 2. The Morgan fingerprint density at radius 2 is 1.84 bits per heavy atom. The van der Waals surface area contributed by atoms with Gasteiger partial charge in [-0.15, -0.1) is 0 Å². The van der Waals surface area contributed by atoms with E-state index in [-0.39, 0.29) is 23.7 Å². The van der Waals surface area contributed by atoms with Gasteiger partial charge in [0.25, 0.3) is 0 Å². The summed E-state index contributed by atoms with van der Waals surface area (Å²) in [5.41, 5.74) is 2.22. The van der Waals surface area contributed by atoms with Gasteiger partial charge in [-0.05, 0) is 41.5 Å².